The third-order valence-corrected chi connectivity index (χ3v) is 10.8. The van der Waals surface area contributed by atoms with Crippen molar-refractivity contribution in [2.24, 2.45) is 5.41 Å². The van der Waals surface area contributed by atoms with Gasteiger partial charge in [0.15, 0.2) is 5.83 Å². The van der Waals surface area contributed by atoms with Gasteiger partial charge in [-0.1, -0.05) is 44.7 Å². The molecule has 0 N–H and O–H groups in total. The summed E-state index contributed by atoms with van der Waals surface area (Å²) in [4.78, 5) is 28.7. The minimum Gasteiger partial charge on any atom is -0.462 e. The van der Waals surface area contributed by atoms with Crippen molar-refractivity contribution in [3.8, 4) is 12.1 Å². The summed E-state index contributed by atoms with van der Waals surface area (Å²) >= 11 is 0. The summed E-state index contributed by atoms with van der Waals surface area (Å²) in [6.07, 6.45) is 10.3. The number of amides is 1. The number of allylic oxidation sites excluding steroid dienone is 5. The average Bonchev–Trinajstić information content (AvgIpc) is 3.57. The van der Waals surface area contributed by atoms with Crippen molar-refractivity contribution in [1.29, 1.82) is 5.26 Å². The van der Waals surface area contributed by atoms with Crippen LogP contribution >= 0.6 is 0 Å². The lowest BCUT2D eigenvalue weighted by Crippen LogP contribution is -2.56. The second-order valence-electron chi connectivity index (χ2n) is 13.6. The Labute approximate surface area is 262 Å². The van der Waals surface area contributed by atoms with E-state index in [0.717, 1.165) is 62.1 Å². The highest BCUT2D eigenvalue weighted by Gasteiger charge is 2.56. The summed E-state index contributed by atoms with van der Waals surface area (Å²) in [5, 5.41) is 9.57. The monoisotopic (exact) mass is 602 g/mol. The number of halogens is 1. The number of rotatable bonds is 7. The molecule has 0 radical (unpaired) electrons. The van der Waals surface area contributed by atoms with Gasteiger partial charge in [-0.3, -0.25) is 4.79 Å². The van der Waals surface area contributed by atoms with Crippen LogP contribution in [0.1, 0.15) is 77.5 Å². The molecule has 3 atom stereocenters. The van der Waals surface area contributed by atoms with Gasteiger partial charge in [0.2, 0.25) is 0 Å². The number of carbonyl (C=O) groups is 1. The first kappa shape index (κ1) is 31.9. The smallest absolute Gasteiger partial charge is 0.318 e. The van der Waals surface area contributed by atoms with E-state index in [9.17, 15) is 14.4 Å². The first-order valence-corrected chi connectivity index (χ1v) is 16.0. The molecule has 8 nitrogen and oxygen atoms in total. The molecule has 2 aliphatic heterocycles. The Kier molecular flexibility index (Phi) is 9.04. The van der Waals surface area contributed by atoms with Crippen LogP contribution in [-0.4, -0.2) is 77.6 Å². The van der Waals surface area contributed by atoms with Crippen LogP contribution in [0.15, 0.2) is 47.9 Å². The quantitative estimate of drug-likeness (QED) is 0.364. The largest absolute Gasteiger partial charge is 0.462 e. The predicted octanol–water partition coefficient (Wildman–Crippen LogP) is 5.82. The van der Waals surface area contributed by atoms with Crippen LogP contribution in [0.3, 0.4) is 0 Å². The molecule has 1 saturated carbocycles. The summed E-state index contributed by atoms with van der Waals surface area (Å²) in [5.41, 5.74) is 5.79. The van der Waals surface area contributed by atoms with Gasteiger partial charge in [-0.25, -0.2) is 4.39 Å². The fourth-order valence-corrected chi connectivity index (χ4v) is 8.22. The molecule has 1 spiro atoms. The van der Waals surface area contributed by atoms with Crippen LogP contribution < -0.4 is 9.64 Å². The lowest BCUT2D eigenvalue weighted by molar-refractivity contribution is -0.131. The maximum atomic E-state index is 13.9. The topological polar surface area (TPSA) is 85.6 Å². The molecule has 4 aliphatic rings. The summed E-state index contributed by atoms with van der Waals surface area (Å²) in [6.45, 7) is 19.0. The third kappa shape index (κ3) is 5.47. The fourth-order valence-electron chi connectivity index (χ4n) is 8.22. The van der Waals surface area contributed by atoms with E-state index in [-0.39, 0.29) is 23.8 Å². The molecular weight excluding hydrogens is 555 g/mol. The first-order chi connectivity index (χ1) is 20.9. The van der Waals surface area contributed by atoms with E-state index in [1.165, 1.54) is 21.6 Å². The van der Waals surface area contributed by atoms with Gasteiger partial charge in [0.1, 0.15) is 12.4 Å². The van der Waals surface area contributed by atoms with E-state index in [1.807, 2.05) is 6.08 Å². The maximum Gasteiger partial charge on any atom is 0.318 e. The van der Waals surface area contributed by atoms with E-state index in [4.69, 9.17) is 14.7 Å². The number of likely N-dealkylation sites (N-methyl/N-ethyl adjacent to an activating group) is 1. The number of piperazine rings is 1. The van der Waals surface area contributed by atoms with Crippen molar-refractivity contribution in [3.63, 3.8) is 0 Å². The average molecular weight is 603 g/mol. The summed E-state index contributed by atoms with van der Waals surface area (Å²) < 4.78 is 20.3. The van der Waals surface area contributed by atoms with Crippen molar-refractivity contribution in [1.82, 2.24) is 19.8 Å². The number of likely N-dealkylation sites (tertiary alicyclic amines) is 1. The van der Waals surface area contributed by atoms with Gasteiger partial charge in [-0.2, -0.15) is 15.2 Å². The molecule has 236 valence electrons. The minimum absolute atomic E-state index is 0.0932. The molecule has 9 heteroatoms. The second-order valence-corrected chi connectivity index (χ2v) is 13.6. The number of anilines is 1. The Bertz CT molecular complexity index is 1440. The molecule has 3 fully saturated rings. The van der Waals surface area contributed by atoms with Crippen molar-refractivity contribution in [2.75, 3.05) is 44.7 Å². The zero-order valence-corrected chi connectivity index (χ0v) is 27.1. The number of fused-ring (bicyclic) bond motifs is 1. The van der Waals surface area contributed by atoms with Crippen LogP contribution in [0.2, 0.25) is 0 Å². The standard InChI is InChI=1S/C35H47FN6O2/c1-8-10-29-27(23(2)3)12-15-35(29)16-13-28-30(34(35,5)6)38-33(44-22-26-11-9-18-40(26)7)39-31(28)41-19-20-42(32(43)24(4)36)25(21-41)14-17-37/h8,10,25-26H,1,4,9,11-16,18-22H2,2-3,5-7H3/b29-10+. The number of aromatic nitrogens is 2. The van der Waals surface area contributed by atoms with Gasteiger partial charge >= 0.3 is 6.01 Å². The molecule has 1 aromatic heterocycles. The lowest BCUT2D eigenvalue weighted by Gasteiger charge is -2.50. The number of nitriles is 1. The van der Waals surface area contributed by atoms with Gasteiger partial charge in [0.25, 0.3) is 5.91 Å². The molecule has 44 heavy (non-hydrogen) atoms. The summed E-state index contributed by atoms with van der Waals surface area (Å²) in [5.74, 6) is -0.951. The zero-order valence-electron chi connectivity index (χ0n) is 27.1. The van der Waals surface area contributed by atoms with Gasteiger partial charge in [-0.05, 0) is 77.1 Å². The number of carbonyl (C=O) groups excluding carboxylic acids is 1. The summed E-state index contributed by atoms with van der Waals surface area (Å²) in [6, 6.07) is 2.39. The molecule has 3 unspecified atom stereocenters. The van der Waals surface area contributed by atoms with E-state index in [1.54, 1.807) is 0 Å². The predicted molar refractivity (Wildman–Crippen MR) is 171 cm³/mol. The number of nitrogens with zero attached hydrogens (tertiary/aromatic N) is 6. The molecule has 3 heterocycles. The summed E-state index contributed by atoms with van der Waals surface area (Å²) in [7, 11) is 2.13. The van der Waals surface area contributed by atoms with Crippen LogP contribution in [0, 0.1) is 16.7 Å². The number of hydrogen-bond acceptors (Lipinski definition) is 7. The first-order valence-electron chi connectivity index (χ1n) is 16.0. The van der Waals surface area contributed by atoms with Crippen molar-refractivity contribution >= 4 is 11.7 Å². The van der Waals surface area contributed by atoms with E-state index in [2.05, 4.69) is 69.8 Å². The van der Waals surface area contributed by atoms with Crippen LogP contribution in [-0.2, 0) is 16.6 Å². The molecule has 5 rings (SSSR count). The van der Waals surface area contributed by atoms with Crippen molar-refractivity contribution < 1.29 is 13.9 Å². The molecule has 1 amide bonds. The fraction of sp³-hybridized carbons (Fsp3) is 0.600. The number of hydrogen-bond donors (Lipinski definition) is 0. The van der Waals surface area contributed by atoms with Crippen molar-refractivity contribution in [3.05, 3.63) is 59.1 Å². The normalized spacial score (nSPS) is 27.4. The molecule has 1 aromatic rings. The Balaban J connectivity index is 1.58. The third-order valence-electron chi connectivity index (χ3n) is 10.8. The van der Waals surface area contributed by atoms with Gasteiger partial charge in [0, 0.05) is 42.1 Å². The molecular formula is C35H47FN6O2. The highest BCUT2D eigenvalue weighted by atomic mass is 19.1. The Morgan fingerprint density at radius 3 is 2.57 bits per heavy atom. The molecule has 0 bridgehead atoms. The molecule has 2 saturated heterocycles. The van der Waals surface area contributed by atoms with Gasteiger partial charge < -0.3 is 19.4 Å². The van der Waals surface area contributed by atoms with E-state index < -0.39 is 17.8 Å². The van der Waals surface area contributed by atoms with Crippen LogP contribution in [0.5, 0.6) is 6.01 Å². The molecule has 0 aromatic carbocycles. The maximum absolute atomic E-state index is 13.9. The second kappa shape index (κ2) is 12.5. The van der Waals surface area contributed by atoms with E-state index >= 15 is 0 Å². The number of ether oxygens (including phenoxy) is 1. The Morgan fingerprint density at radius 1 is 1.18 bits per heavy atom. The Hall–Kier alpha value is -3.51. The van der Waals surface area contributed by atoms with Crippen LogP contribution in [0.25, 0.3) is 0 Å². The highest BCUT2D eigenvalue weighted by molar-refractivity contribution is 5.91. The Morgan fingerprint density at radius 2 is 1.93 bits per heavy atom. The van der Waals surface area contributed by atoms with Gasteiger partial charge in [-0.15, -0.1) is 0 Å². The van der Waals surface area contributed by atoms with Gasteiger partial charge in [0.05, 0.1) is 24.2 Å². The lowest BCUT2D eigenvalue weighted by atomic mass is 9.54. The van der Waals surface area contributed by atoms with Crippen molar-refractivity contribution in [2.45, 2.75) is 90.1 Å². The van der Waals surface area contributed by atoms with Crippen LogP contribution in [0.4, 0.5) is 10.2 Å². The highest BCUT2D eigenvalue weighted by Crippen LogP contribution is 2.63. The SMILES string of the molecule is C=C/C=C1\C(=C(C)C)CCC12CCc1c(N3CCN(C(=O)C(=C)F)C(CC#N)C3)nc(OCC3CCCN3C)nc1C2(C)C. The zero-order chi connectivity index (χ0) is 31.8. The van der Waals surface area contributed by atoms with E-state index in [0.29, 0.717) is 31.7 Å². The molecule has 2 aliphatic carbocycles. The minimum atomic E-state index is -1.00.